The van der Waals surface area contributed by atoms with Crippen molar-refractivity contribution in [3.63, 3.8) is 0 Å². The van der Waals surface area contributed by atoms with E-state index in [0.29, 0.717) is 17.7 Å². The number of amides is 1. The fourth-order valence-corrected chi connectivity index (χ4v) is 2.98. The molecule has 0 atom stereocenters. The third-order valence-corrected chi connectivity index (χ3v) is 4.37. The number of esters is 1. The Morgan fingerprint density at radius 3 is 2.52 bits per heavy atom. The van der Waals surface area contributed by atoms with Crippen LogP contribution in [0.1, 0.15) is 68.6 Å². The minimum Gasteiger partial charge on any atom is -0.465 e. The Balaban J connectivity index is 1.87. The molecular formula is C20H28N2O3. The number of anilines is 1. The standard InChI is InChI=1S/C20H28N2O3/c1-3-4-5-6-7-8-9-10-19(23)22-15-13-17(20(24)25-2)16-11-12-21-18(16)14-15/h11-14,21H,3-10H2,1-2H3,(H,22,23). The minimum atomic E-state index is -0.409. The second-order valence-electron chi connectivity index (χ2n) is 6.37. The summed E-state index contributed by atoms with van der Waals surface area (Å²) in [5, 5.41) is 3.68. The van der Waals surface area contributed by atoms with Crippen molar-refractivity contribution in [1.29, 1.82) is 0 Å². The largest absolute Gasteiger partial charge is 0.465 e. The van der Waals surface area contributed by atoms with Crippen LogP contribution in [-0.4, -0.2) is 24.0 Å². The van der Waals surface area contributed by atoms with Crippen molar-refractivity contribution in [3.8, 4) is 0 Å². The van der Waals surface area contributed by atoms with Gasteiger partial charge in [0.25, 0.3) is 0 Å². The lowest BCUT2D eigenvalue weighted by Gasteiger charge is -2.08. The zero-order valence-corrected chi connectivity index (χ0v) is 15.2. The van der Waals surface area contributed by atoms with Gasteiger partial charge in [0.2, 0.25) is 5.91 Å². The molecule has 1 heterocycles. The Bertz CT molecular complexity index is 706. The summed E-state index contributed by atoms with van der Waals surface area (Å²) < 4.78 is 4.83. The van der Waals surface area contributed by atoms with Crippen molar-refractivity contribution >= 4 is 28.5 Å². The third-order valence-electron chi connectivity index (χ3n) is 4.37. The SMILES string of the molecule is CCCCCCCCCC(=O)Nc1cc(C(=O)OC)c2cc[nH]c2c1. The van der Waals surface area contributed by atoms with E-state index in [2.05, 4.69) is 17.2 Å². The molecule has 1 amide bonds. The second-order valence-corrected chi connectivity index (χ2v) is 6.37. The van der Waals surface area contributed by atoms with Gasteiger partial charge in [-0.05, 0) is 24.6 Å². The van der Waals surface area contributed by atoms with Crippen molar-refractivity contribution in [2.75, 3.05) is 12.4 Å². The molecule has 2 rings (SSSR count). The lowest BCUT2D eigenvalue weighted by atomic mass is 10.1. The zero-order chi connectivity index (χ0) is 18.1. The van der Waals surface area contributed by atoms with Gasteiger partial charge in [-0.1, -0.05) is 45.4 Å². The summed E-state index contributed by atoms with van der Waals surface area (Å²) >= 11 is 0. The highest BCUT2D eigenvalue weighted by Crippen LogP contribution is 2.24. The second kappa shape index (κ2) is 9.87. The molecular weight excluding hydrogens is 316 g/mol. The van der Waals surface area contributed by atoms with Crippen molar-refractivity contribution in [3.05, 3.63) is 30.0 Å². The normalized spacial score (nSPS) is 10.8. The van der Waals surface area contributed by atoms with Gasteiger partial charge in [0.05, 0.1) is 12.7 Å². The van der Waals surface area contributed by atoms with E-state index >= 15 is 0 Å². The van der Waals surface area contributed by atoms with Crippen LogP contribution in [0.15, 0.2) is 24.4 Å². The topological polar surface area (TPSA) is 71.2 Å². The highest BCUT2D eigenvalue weighted by atomic mass is 16.5. The Labute approximate surface area is 149 Å². The number of benzene rings is 1. The highest BCUT2D eigenvalue weighted by molar-refractivity contribution is 6.06. The summed E-state index contributed by atoms with van der Waals surface area (Å²) in [6.07, 6.45) is 10.5. The van der Waals surface area contributed by atoms with E-state index in [9.17, 15) is 9.59 Å². The van der Waals surface area contributed by atoms with E-state index in [-0.39, 0.29) is 5.91 Å². The molecule has 0 unspecified atom stereocenters. The molecule has 0 saturated heterocycles. The first-order valence-corrected chi connectivity index (χ1v) is 9.15. The van der Waals surface area contributed by atoms with Gasteiger partial charge in [-0.25, -0.2) is 4.79 Å². The van der Waals surface area contributed by atoms with Gasteiger partial charge in [0, 0.05) is 29.2 Å². The zero-order valence-electron chi connectivity index (χ0n) is 15.2. The van der Waals surface area contributed by atoms with Gasteiger partial charge in [0.1, 0.15) is 0 Å². The number of hydrogen-bond acceptors (Lipinski definition) is 3. The Hall–Kier alpha value is -2.30. The van der Waals surface area contributed by atoms with E-state index in [1.807, 2.05) is 12.1 Å². The van der Waals surface area contributed by atoms with Gasteiger partial charge >= 0.3 is 5.97 Å². The Morgan fingerprint density at radius 2 is 1.80 bits per heavy atom. The predicted molar refractivity (Wildman–Crippen MR) is 101 cm³/mol. The molecule has 0 aliphatic heterocycles. The molecule has 1 aromatic carbocycles. The smallest absolute Gasteiger partial charge is 0.338 e. The molecule has 0 spiro atoms. The number of nitrogens with one attached hydrogen (secondary N) is 2. The fourth-order valence-electron chi connectivity index (χ4n) is 2.98. The summed E-state index contributed by atoms with van der Waals surface area (Å²) in [7, 11) is 1.35. The molecule has 0 radical (unpaired) electrons. The van der Waals surface area contributed by atoms with Crippen molar-refractivity contribution in [2.45, 2.75) is 58.3 Å². The van der Waals surface area contributed by atoms with Crippen molar-refractivity contribution in [2.24, 2.45) is 0 Å². The number of H-pyrrole nitrogens is 1. The lowest BCUT2D eigenvalue weighted by molar-refractivity contribution is -0.116. The summed E-state index contributed by atoms with van der Waals surface area (Å²) in [5.41, 5.74) is 1.87. The van der Waals surface area contributed by atoms with Gasteiger partial charge in [-0.2, -0.15) is 0 Å². The van der Waals surface area contributed by atoms with Gasteiger partial charge in [0.15, 0.2) is 0 Å². The molecule has 0 aliphatic rings. The molecule has 0 fully saturated rings. The molecule has 1 aromatic heterocycles. The average molecular weight is 344 g/mol. The molecule has 5 heteroatoms. The number of methoxy groups -OCH3 is 1. The summed E-state index contributed by atoms with van der Waals surface area (Å²) in [5.74, 6) is -0.428. The Morgan fingerprint density at radius 1 is 1.08 bits per heavy atom. The van der Waals surface area contributed by atoms with Crippen molar-refractivity contribution < 1.29 is 14.3 Å². The number of aromatic nitrogens is 1. The number of fused-ring (bicyclic) bond motifs is 1. The minimum absolute atomic E-state index is 0.0183. The quantitative estimate of drug-likeness (QED) is 0.469. The summed E-state index contributed by atoms with van der Waals surface area (Å²) in [4.78, 5) is 27.1. The van der Waals surface area contributed by atoms with Crippen LogP contribution in [0.2, 0.25) is 0 Å². The number of hydrogen-bond donors (Lipinski definition) is 2. The third kappa shape index (κ3) is 5.62. The summed E-state index contributed by atoms with van der Waals surface area (Å²) in [6, 6.07) is 5.33. The van der Waals surface area contributed by atoms with E-state index in [0.717, 1.165) is 23.7 Å². The van der Waals surface area contributed by atoms with Crippen LogP contribution < -0.4 is 5.32 Å². The Kier molecular flexibility index (Phi) is 7.51. The number of rotatable bonds is 10. The summed E-state index contributed by atoms with van der Waals surface area (Å²) in [6.45, 7) is 2.21. The molecule has 0 bridgehead atoms. The van der Waals surface area contributed by atoms with E-state index < -0.39 is 5.97 Å². The molecule has 2 N–H and O–H groups in total. The first-order chi connectivity index (χ1) is 12.2. The number of ether oxygens (including phenoxy) is 1. The highest BCUT2D eigenvalue weighted by Gasteiger charge is 2.14. The van der Waals surface area contributed by atoms with E-state index in [1.54, 1.807) is 12.3 Å². The monoisotopic (exact) mass is 344 g/mol. The number of carbonyl (C=O) groups excluding carboxylic acids is 2. The number of unbranched alkanes of at least 4 members (excludes halogenated alkanes) is 6. The first-order valence-electron chi connectivity index (χ1n) is 9.15. The number of aromatic amines is 1. The van der Waals surface area contributed by atoms with Crippen LogP contribution in [0.3, 0.4) is 0 Å². The van der Waals surface area contributed by atoms with Crippen molar-refractivity contribution in [1.82, 2.24) is 4.98 Å². The molecule has 2 aromatic rings. The van der Waals surface area contributed by atoms with Gasteiger partial charge in [-0.15, -0.1) is 0 Å². The average Bonchev–Trinajstić information content (AvgIpc) is 3.08. The molecule has 0 saturated carbocycles. The predicted octanol–water partition coefficient (Wildman–Crippen LogP) is 5.03. The molecule has 5 nitrogen and oxygen atoms in total. The maximum absolute atomic E-state index is 12.1. The maximum Gasteiger partial charge on any atom is 0.338 e. The van der Waals surface area contributed by atoms with Crippen LogP contribution in [0.5, 0.6) is 0 Å². The molecule has 25 heavy (non-hydrogen) atoms. The van der Waals surface area contributed by atoms with Crippen LogP contribution in [0, 0.1) is 0 Å². The molecule has 0 aliphatic carbocycles. The van der Waals surface area contributed by atoms with E-state index in [4.69, 9.17) is 4.74 Å². The lowest BCUT2D eigenvalue weighted by Crippen LogP contribution is -2.12. The van der Waals surface area contributed by atoms with E-state index in [1.165, 1.54) is 39.2 Å². The van der Waals surface area contributed by atoms with Crippen LogP contribution in [0.25, 0.3) is 10.9 Å². The first kappa shape index (κ1) is 19.0. The van der Waals surface area contributed by atoms with Gasteiger partial charge < -0.3 is 15.0 Å². The van der Waals surface area contributed by atoms with Crippen LogP contribution >= 0.6 is 0 Å². The van der Waals surface area contributed by atoms with Gasteiger partial charge in [-0.3, -0.25) is 4.79 Å². The number of carbonyl (C=O) groups is 2. The van der Waals surface area contributed by atoms with Crippen LogP contribution in [-0.2, 0) is 9.53 Å². The fraction of sp³-hybridized carbons (Fsp3) is 0.500. The van der Waals surface area contributed by atoms with Crippen LogP contribution in [0.4, 0.5) is 5.69 Å². The maximum atomic E-state index is 12.1. The molecule has 136 valence electrons.